The van der Waals surface area contributed by atoms with Crippen molar-refractivity contribution >= 4 is 46.7 Å². The van der Waals surface area contributed by atoms with Crippen molar-refractivity contribution in [1.82, 2.24) is 0 Å². The fraction of sp³-hybridized carbons (Fsp3) is 0.167. The second-order valence-electron chi connectivity index (χ2n) is 5.24. The van der Waals surface area contributed by atoms with Gasteiger partial charge < -0.3 is 0 Å². The molecule has 0 aromatic heterocycles. The molecule has 0 unspecified atom stereocenters. The van der Waals surface area contributed by atoms with Gasteiger partial charge in [0.15, 0.2) is 5.78 Å². The van der Waals surface area contributed by atoms with E-state index in [4.69, 9.17) is 34.8 Å². The topological polar surface area (TPSA) is 17.1 Å². The minimum atomic E-state index is -0.212. The van der Waals surface area contributed by atoms with Gasteiger partial charge in [-0.3, -0.25) is 4.79 Å². The third kappa shape index (κ3) is 3.92. The third-order valence-electron chi connectivity index (χ3n) is 3.33. The fourth-order valence-electron chi connectivity index (χ4n) is 1.97. The quantitative estimate of drug-likeness (QED) is 0.341. The summed E-state index contributed by atoms with van der Waals surface area (Å²) >= 11 is 17.9. The van der Waals surface area contributed by atoms with Crippen LogP contribution in [-0.4, -0.2) is 5.78 Å². The molecule has 22 heavy (non-hydrogen) atoms. The second-order valence-corrected chi connectivity index (χ2v) is 6.40. The van der Waals surface area contributed by atoms with Crippen LogP contribution in [0.4, 0.5) is 0 Å². The van der Waals surface area contributed by atoms with E-state index >= 15 is 0 Å². The highest BCUT2D eigenvalue weighted by Gasteiger charge is 2.13. The summed E-state index contributed by atoms with van der Waals surface area (Å²) in [4.78, 5) is 12.2. The van der Waals surface area contributed by atoms with Crippen LogP contribution in [0.5, 0.6) is 0 Å². The van der Waals surface area contributed by atoms with Crippen LogP contribution in [0.1, 0.15) is 41.3 Å². The number of rotatable bonds is 4. The van der Waals surface area contributed by atoms with Gasteiger partial charge in [0.25, 0.3) is 0 Å². The van der Waals surface area contributed by atoms with Crippen molar-refractivity contribution in [3.8, 4) is 0 Å². The molecule has 4 heteroatoms. The molecule has 0 atom stereocenters. The maximum atomic E-state index is 12.2. The first-order valence-corrected chi connectivity index (χ1v) is 7.99. The van der Waals surface area contributed by atoms with E-state index in [1.54, 1.807) is 18.2 Å². The largest absolute Gasteiger partial charge is 0.289 e. The van der Waals surface area contributed by atoms with Crippen molar-refractivity contribution in [2.75, 3.05) is 0 Å². The zero-order valence-electron chi connectivity index (χ0n) is 12.2. The van der Waals surface area contributed by atoms with Gasteiger partial charge in [-0.1, -0.05) is 79.0 Å². The summed E-state index contributed by atoms with van der Waals surface area (Å²) in [7, 11) is 0. The van der Waals surface area contributed by atoms with Crippen molar-refractivity contribution in [3.63, 3.8) is 0 Å². The van der Waals surface area contributed by atoms with E-state index < -0.39 is 0 Å². The molecule has 114 valence electrons. The predicted molar refractivity (Wildman–Crippen MR) is 95.4 cm³/mol. The minimum Gasteiger partial charge on any atom is -0.289 e. The molecule has 0 fully saturated rings. The highest BCUT2D eigenvalue weighted by atomic mass is 35.5. The van der Waals surface area contributed by atoms with Crippen LogP contribution in [0, 0.1) is 0 Å². The van der Waals surface area contributed by atoms with Crippen LogP contribution in [0.3, 0.4) is 0 Å². The molecule has 0 bridgehead atoms. The van der Waals surface area contributed by atoms with E-state index in [9.17, 15) is 4.79 Å². The first-order chi connectivity index (χ1) is 10.4. The summed E-state index contributed by atoms with van der Waals surface area (Å²) in [5, 5.41) is 0.708. The zero-order chi connectivity index (χ0) is 16.3. The lowest BCUT2D eigenvalue weighted by Gasteiger charge is -2.05. The van der Waals surface area contributed by atoms with Crippen molar-refractivity contribution < 1.29 is 4.79 Å². The van der Waals surface area contributed by atoms with Crippen LogP contribution in [-0.2, 0) is 0 Å². The van der Waals surface area contributed by atoms with Gasteiger partial charge in [0.2, 0.25) is 0 Å². The standard InChI is InChI=1S/C18H15Cl3O/c1-11(2)13-6-3-12(4-7-13)5-10-16(22)14-8-9-15(19)18(21)17(14)20/h3-11H,1-2H3. The number of benzene rings is 2. The Morgan fingerprint density at radius 3 is 2.18 bits per heavy atom. The first-order valence-electron chi connectivity index (χ1n) is 6.86. The molecular weight excluding hydrogens is 339 g/mol. The van der Waals surface area contributed by atoms with Gasteiger partial charge in [0.1, 0.15) is 0 Å². The molecule has 0 saturated carbocycles. The number of ketones is 1. The second kappa shape index (κ2) is 7.32. The Morgan fingerprint density at radius 1 is 0.955 bits per heavy atom. The van der Waals surface area contributed by atoms with Crippen molar-refractivity contribution in [1.29, 1.82) is 0 Å². The number of hydrogen-bond donors (Lipinski definition) is 0. The van der Waals surface area contributed by atoms with Gasteiger partial charge in [-0.25, -0.2) is 0 Å². The molecule has 0 saturated heterocycles. The van der Waals surface area contributed by atoms with Gasteiger partial charge in [-0.15, -0.1) is 0 Å². The van der Waals surface area contributed by atoms with E-state index in [1.165, 1.54) is 11.6 Å². The summed E-state index contributed by atoms with van der Waals surface area (Å²) in [6, 6.07) is 11.2. The Bertz CT molecular complexity index is 716. The normalized spacial score (nSPS) is 11.4. The lowest BCUT2D eigenvalue weighted by atomic mass is 10.0. The third-order valence-corrected chi connectivity index (χ3v) is 4.62. The van der Waals surface area contributed by atoms with Crippen molar-refractivity contribution in [2.45, 2.75) is 19.8 Å². The number of halogens is 3. The van der Waals surface area contributed by atoms with Crippen LogP contribution in [0.2, 0.25) is 15.1 Å². The lowest BCUT2D eigenvalue weighted by molar-refractivity contribution is 0.104. The van der Waals surface area contributed by atoms with Crippen molar-refractivity contribution in [3.05, 3.63) is 74.2 Å². The molecule has 2 aromatic rings. The minimum absolute atomic E-state index is 0.180. The summed E-state index contributed by atoms with van der Waals surface area (Å²) in [6.45, 7) is 4.28. The summed E-state index contributed by atoms with van der Waals surface area (Å²) in [5.74, 6) is 0.270. The van der Waals surface area contributed by atoms with Gasteiger partial charge in [-0.2, -0.15) is 0 Å². The highest BCUT2D eigenvalue weighted by Crippen LogP contribution is 2.33. The average molecular weight is 354 g/mol. The Morgan fingerprint density at radius 2 is 1.59 bits per heavy atom. The molecule has 0 amide bonds. The number of carbonyl (C=O) groups excluding carboxylic acids is 1. The van der Waals surface area contributed by atoms with E-state index in [-0.39, 0.29) is 15.8 Å². The molecule has 0 radical (unpaired) electrons. The molecule has 0 heterocycles. The average Bonchev–Trinajstić information content (AvgIpc) is 2.51. The summed E-state index contributed by atoms with van der Waals surface area (Å²) < 4.78 is 0. The molecular formula is C18H15Cl3O. The SMILES string of the molecule is CC(C)c1ccc(C=CC(=O)c2ccc(Cl)c(Cl)c2Cl)cc1. The number of carbonyl (C=O) groups is 1. The molecule has 0 aliphatic heterocycles. The van der Waals surface area contributed by atoms with E-state index in [0.717, 1.165) is 5.56 Å². The number of allylic oxidation sites excluding steroid dienone is 1. The van der Waals surface area contributed by atoms with E-state index in [2.05, 4.69) is 26.0 Å². The van der Waals surface area contributed by atoms with Crippen LogP contribution in [0.15, 0.2) is 42.5 Å². The van der Waals surface area contributed by atoms with Crippen LogP contribution < -0.4 is 0 Å². The van der Waals surface area contributed by atoms with Crippen LogP contribution in [0.25, 0.3) is 6.08 Å². The Kier molecular flexibility index (Phi) is 5.69. The Balaban J connectivity index is 2.20. The fourth-order valence-corrected chi connectivity index (χ4v) is 2.60. The monoisotopic (exact) mass is 352 g/mol. The van der Waals surface area contributed by atoms with Gasteiger partial charge in [0.05, 0.1) is 15.1 Å². The summed E-state index contributed by atoms with van der Waals surface area (Å²) in [6.07, 6.45) is 3.24. The smallest absolute Gasteiger partial charge is 0.187 e. The van der Waals surface area contributed by atoms with E-state index in [1.807, 2.05) is 12.1 Å². The molecule has 0 aliphatic carbocycles. The predicted octanol–water partition coefficient (Wildman–Crippen LogP) is 6.67. The van der Waals surface area contributed by atoms with Crippen molar-refractivity contribution in [2.24, 2.45) is 0 Å². The maximum Gasteiger partial charge on any atom is 0.187 e. The van der Waals surface area contributed by atoms with Gasteiger partial charge in [0, 0.05) is 5.56 Å². The van der Waals surface area contributed by atoms with Gasteiger partial charge in [-0.05, 0) is 35.3 Å². The molecule has 2 aromatic carbocycles. The zero-order valence-corrected chi connectivity index (χ0v) is 14.5. The Labute approximate surface area is 145 Å². The van der Waals surface area contributed by atoms with Crippen LogP contribution >= 0.6 is 34.8 Å². The van der Waals surface area contributed by atoms with Gasteiger partial charge >= 0.3 is 0 Å². The lowest BCUT2D eigenvalue weighted by Crippen LogP contribution is -1.96. The summed E-state index contributed by atoms with van der Waals surface area (Å²) in [5.41, 5.74) is 2.55. The first kappa shape index (κ1) is 17.1. The molecule has 0 N–H and O–H groups in total. The molecule has 2 rings (SSSR count). The highest BCUT2D eigenvalue weighted by molar-refractivity contribution is 6.49. The number of hydrogen-bond acceptors (Lipinski definition) is 1. The molecule has 0 spiro atoms. The van der Waals surface area contributed by atoms with E-state index in [0.29, 0.717) is 16.5 Å². The molecule has 0 aliphatic rings. The Hall–Kier alpha value is -1.28. The molecule has 1 nitrogen and oxygen atoms in total. The maximum absolute atomic E-state index is 12.2.